The van der Waals surface area contributed by atoms with Gasteiger partial charge >= 0.3 is 0 Å². The number of hydrogen-bond donors (Lipinski definition) is 4. The van der Waals surface area contributed by atoms with Crippen molar-refractivity contribution in [3.05, 3.63) is 66.0 Å². The predicted molar refractivity (Wildman–Crippen MR) is 193 cm³/mol. The molecule has 276 valence electrons. The molecule has 4 N–H and O–H groups in total. The van der Waals surface area contributed by atoms with Crippen molar-refractivity contribution >= 4 is 41.1 Å². The molecule has 0 spiro atoms. The second-order valence-electron chi connectivity index (χ2n) is 13.7. The van der Waals surface area contributed by atoms with E-state index in [1.165, 1.54) is 16.5 Å². The van der Waals surface area contributed by atoms with Gasteiger partial charge in [0.15, 0.2) is 5.82 Å². The smallest absolute Gasteiger partial charge is 0.254 e. The van der Waals surface area contributed by atoms with Gasteiger partial charge in [0.1, 0.15) is 24.5 Å². The van der Waals surface area contributed by atoms with Crippen LogP contribution in [0.3, 0.4) is 0 Å². The van der Waals surface area contributed by atoms with Gasteiger partial charge in [-0.25, -0.2) is 9.67 Å². The fourth-order valence-electron chi connectivity index (χ4n) is 6.23. The van der Waals surface area contributed by atoms with E-state index >= 15 is 0 Å². The summed E-state index contributed by atoms with van der Waals surface area (Å²) in [6.45, 7) is 7.49. The average molecular weight is 714 g/mol. The van der Waals surface area contributed by atoms with E-state index in [0.717, 1.165) is 12.0 Å². The molecule has 5 rings (SSSR count). The maximum Gasteiger partial charge on any atom is 0.254 e. The zero-order valence-electron chi connectivity index (χ0n) is 30.1. The lowest BCUT2D eigenvalue weighted by Gasteiger charge is -2.25. The van der Waals surface area contributed by atoms with Crippen LogP contribution in [0.5, 0.6) is 0 Å². The largest absolute Gasteiger partial charge is 0.354 e. The van der Waals surface area contributed by atoms with Gasteiger partial charge in [-0.1, -0.05) is 44.2 Å². The maximum absolute atomic E-state index is 13.7. The number of amides is 6. The third-order valence-corrected chi connectivity index (χ3v) is 8.93. The zero-order valence-corrected chi connectivity index (χ0v) is 30.1. The standard InChI is InChI=1S/C37H47N9O6/c1-23(2)20-29-36(51)40-24(3)34-42-33(26-10-6-5-7-11-26)43-46(34)22-30(47)38-17-9-18-44(21-31(48)39-25(4)35(50)41-29)37(52)27-13-15-28(16-14-27)45-19-8-12-32(45)49/h5-7,10-11,13-16,23-25,29H,8-9,12,17-22H2,1-4H3,(H,38,47)(H,39,48)(H,40,51)(H,41,50)/t24-,25+,29+/m0/s1. The lowest BCUT2D eigenvalue weighted by Crippen LogP contribution is -2.54. The number of nitrogens with zero attached hydrogens (tertiary/aromatic N) is 5. The van der Waals surface area contributed by atoms with Crippen molar-refractivity contribution in [2.75, 3.05) is 31.1 Å². The van der Waals surface area contributed by atoms with Crippen LogP contribution < -0.4 is 26.2 Å². The lowest BCUT2D eigenvalue weighted by molar-refractivity contribution is -0.132. The number of carbonyl (C=O) groups excluding carboxylic acids is 6. The summed E-state index contributed by atoms with van der Waals surface area (Å²) in [6.07, 6.45) is 1.90. The van der Waals surface area contributed by atoms with Crippen molar-refractivity contribution in [2.24, 2.45) is 5.92 Å². The first-order valence-electron chi connectivity index (χ1n) is 17.8. The molecule has 3 atom stereocenters. The zero-order chi connectivity index (χ0) is 37.4. The Labute approximate surface area is 302 Å². The number of carbonyl (C=O) groups is 6. The number of hydrogen-bond acceptors (Lipinski definition) is 8. The summed E-state index contributed by atoms with van der Waals surface area (Å²) < 4.78 is 1.45. The Morgan fingerprint density at radius 2 is 1.56 bits per heavy atom. The van der Waals surface area contributed by atoms with E-state index in [9.17, 15) is 28.8 Å². The van der Waals surface area contributed by atoms with Crippen LogP contribution in [0.4, 0.5) is 5.69 Å². The minimum Gasteiger partial charge on any atom is -0.354 e. The molecular weight excluding hydrogens is 666 g/mol. The minimum absolute atomic E-state index is 0.0292. The van der Waals surface area contributed by atoms with Crippen LogP contribution in [0.2, 0.25) is 0 Å². The monoisotopic (exact) mass is 713 g/mol. The quantitative estimate of drug-likeness (QED) is 0.309. The summed E-state index contributed by atoms with van der Waals surface area (Å²) in [5.41, 5.74) is 1.75. The summed E-state index contributed by atoms with van der Waals surface area (Å²) in [5, 5.41) is 15.8. The van der Waals surface area contributed by atoms with Gasteiger partial charge in [-0.05, 0) is 63.3 Å². The van der Waals surface area contributed by atoms with E-state index in [1.807, 2.05) is 44.2 Å². The molecule has 3 aromatic rings. The molecule has 15 nitrogen and oxygen atoms in total. The van der Waals surface area contributed by atoms with Crippen molar-refractivity contribution in [1.29, 1.82) is 0 Å². The third kappa shape index (κ3) is 9.59. The summed E-state index contributed by atoms with van der Waals surface area (Å²) >= 11 is 0. The van der Waals surface area contributed by atoms with Gasteiger partial charge in [-0.2, -0.15) is 5.10 Å². The van der Waals surface area contributed by atoms with Crippen LogP contribution in [0.1, 0.15) is 75.6 Å². The summed E-state index contributed by atoms with van der Waals surface area (Å²) in [4.78, 5) is 87.0. The van der Waals surface area contributed by atoms with Gasteiger partial charge in [0.25, 0.3) is 5.91 Å². The Hall–Kier alpha value is -5.60. The van der Waals surface area contributed by atoms with Gasteiger partial charge in [0, 0.05) is 42.9 Å². The van der Waals surface area contributed by atoms with E-state index in [4.69, 9.17) is 0 Å². The first-order chi connectivity index (χ1) is 24.9. The fourth-order valence-corrected chi connectivity index (χ4v) is 6.23. The highest BCUT2D eigenvalue weighted by atomic mass is 16.2. The number of aromatic nitrogens is 3. The van der Waals surface area contributed by atoms with Crippen LogP contribution in [-0.4, -0.2) is 93.4 Å². The molecule has 1 fully saturated rings. The summed E-state index contributed by atoms with van der Waals surface area (Å²) in [6, 6.07) is 13.3. The highest BCUT2D eigenvalue weighted by molar-refractivity contribution is 5.99. The molecule has 0 unspecified atom stereocenters. The second-order valence-corrected chi connectivity index (χ2v) is 13.7. The van der Waals surface area contributed by atoms with E-state index in [0.29, 0.717) is 48.7 Å². The number of fused-ring (bicyclic) bond motifs is 1. The molecule has 0 radical (unpaired) electrons. The van der Waals surface area contributed by atoms with E-state index in [2.05, 4.69) is 31.3 Å². The lowest BCUT2D eigenvalue weighted by atomic mass is 10.0. The SMILES string of the molecule is CC(C)C[C@H]1NC(=O)[C@@H](C)NC(=O)CN(C(=O)c2ccc(N3CCCC3=O)cc2)CCCNC(=O)Cn2nc(-c3ccccc3)nc2[C@H](C)NC1=O. The molecule has 1 saturated heterocycles. The Bertz CT molecular complexity index is 1780. The third-order valence-electron chi connectivity index (χ3n) is 8.93. The molecule has 0 aliphatic carbocycles. The molecule has 2 aliphatic rings. The van der Waals surface area contributed by atoms with Crippen molar-refractivity contribution in [1.82, 2.24) is 40.9 Å². The van der Waals surface area contributed by atoms with Gasteiger partial charge < -0.3 is 31.1 Å². The van der Waals surface area contributed by atoms with Crippen LogP contribution in [-0.2, 0) is 30.5 Å². The maximum atomic E-state index is 13.7. The van der Waals surface area contributed by atoms with Crippen molar-refractivity contribution in [3.8, 4) is 11.4 Å². The molecule has 6 amide bonds. The molecule has 0 saturated carbocycles. The Kier molecular flexibility index (Phi) is 12.4. The molecule has 0 bridgehead atoms. The second kappa shape index (κ2) is 17.1. The molecular formula is C37H47N9O6. The van der Waals surface area contributed by atoms with Gasteiger partial charge in [-0.15, -0.1) is 0 Å². The van der Waals surface area contributed by atoms with Gasteiger partial charge in [0.2, 0.25) is 29.5 Å². The molecule has 2 aromatic carbocycles. The van der Waals surface area contributed by atoms with Crippen LogP contribution in [0.25, 0.3) is 11.4 Å². The molecule has 2 aliphatic heterocycles. The van der Waals surface area contributed by atoms with Crippen molar-refractivity contribution in [3.63, 3.8) is 0 Å². The Balaban J connectivity index is 1.39. The topological polar surface area (TPSA) is 188 Å². The van der Waals surface area contributed by atoms with Crippen molar-refractivity contribution < 1.29 is 28.8 Å². The van der Waals surface area contributed by atoms with Crippen LogP contribution in [0, 0.1) is 5.92 Å². The van der Waals surface area contributed by atoms with E-state index in [-0.39, 0.29) is 43.9 Å². The van der Waals surface area contributed by atoms with Crippen molar-refractivity contribution in [2.45, 2.75) is 78.0 Å². The first kappa shape index (κ1) is 37.7. The first-order valence-corrected chi connectivity index (χ1v) is 17.8. The number of anilines is 1. The van der Waals surface area contributed by atoms with E-state index < -0.39 is 41.8 Å². The minimum atomic E-state index is -1.01. The van der Waals surface area contributed by atoms with Crippen LogP contribution >= 0.6 is 0 Å². The van der Waals surface area contributed by atoms with Gasteiger partial charge in [-0.3, -0.25) is 28.8 Å². The van der Waals surface area contributed by atoms with Crippen LogP contribution in [0.15, 0.2) is 54.6 Å². The Morgan fingerprint density at radius 3 is 2.23 bits per heavy atom. The average Bonchev–Trinajstić information content (AvgIpc) is 3.74. The Morgan fingerprint density at radius 1 is 0.827 bits per heavy atom. The molecule has 15 heteroatoms. The predicted octanol–water partition coefficient (Wildman–Crippen LogP) is 1.95. The number of benzene rings is 2. The number of rotatable bonds is 5. The molecule has 1 aromatic heterocycles. The van der Waals surface area contributed by atoms with Gasteiger partial charge in [0.05, 0.1) is 12.6 Å². The van der Waals surface area contributed by atoms with E-state index in [1.54, 1.807) is 36.1 Å². The summed E-state index contributed by atoms with van der Waals surface area (Å²) in [5.74, 6) is -1.56. The normalized spacial score (nSPS) is 21.3. The number of nitrogens with one attached hydrogen (secondary N) is 4. The highest BCUT2D eigenvalue weighted by Gasteiger charge is 2.29. The molecule has 52 heavy (non-hydrogen) atoms. The highest BCUT2D eigenvalue weighted by Crippen LogP contribution is 2.23. The fraction of sp³-hybridized carbons (Fsp3) is 0.459. The summed E-state index contributed by atoms with van der Waals surface area (Å²) in [7, 11) is 0. The molecule has 3 heterocycles.